The molecule has 4 nitrogen and oxygen atoms in total. The Hall–Kier alpha value is -0.840. The summed E-state index contributed by atoms with van der Waals surface area (Å²) in [5, 5.41) is 18.8. The quantitative estimate of drug-likeness (QED) is 0.274. The Morgan fingerprint density at radius 3 is 2.67 bits per heavy atom. The molecule has 106 valence electrons. The van der Waals surface area contributed by atoms with Crippen molar-refractivity contribution in [3.63, 3.8) is 0 Å². The van der Waals surface area contributed by atoms with Crippen molar-refractivity contribution in [1.29, 1.82) is 0 Å². The molecule has 0 aliphatic heterocycles. The van der Waals surface area contributed by atoms with Crippen LogP contribution in [0.15, 0.2) is 23.5 Å². The van der Waals surface area contributed by atoms with Crippen molar-refractivity contribution < 1.29 is 19.7 Å². The van der Waals surface area contributed by atoms with E-state index in [-0.39, 0.29) is 0 Å². The van der Waals surface area contributed by atoms with Crippen molar-refractivity contribution in [2.75, 3.05) is 20.3 Å². The summed E-state index contributed by atoms with van der Waals surface area (Å²) in [4.78, 5) is 0. The third-order valence-corrected chi connectivity index (χ3v) is 2.54. The molecule has 0 unspecified atom stereocenters. The standard InChI is InChI=1S/C14H26O4/c1-4-13(15)11-12(2)7-5-6-8-14(16)18-10-9-17-3/h4,7,14-16H,5-6,8-11H2,1-3H3/b12-7-,13-4+/t14-/m1/s1. The minimum Gasteiger partial charge on any atom is -0.512 e. The van der Waals surface area contributed by atoms with Crippen LogP contribution in [-0.4, -0.2) is 36.8 Å². The fraction of sp³-hybridized carbons (Fsp3) is 0.714. The number of unbranched alkanes of at least 4 members (excludes halogenated alkanes) is 1. The van der Waals surface area contributed by atoms with Crippen LogP contribution in [0.2, 0.25) is 0 Å². The van der Waals surface area contributed by atoms with Gasteiger partial charge in [0.15, 0.2) is 6.29 Å². The van der Waals surface area contributed by atoms with Crippen LogP contribution in [0, 0.1) is 0 Å². The highest BCUT2D eigenvalue weighted by Gasteiger charge is 2.02. The van der Waals surface area contributed by atoms with Crippen LogP contribution < -0.4 is 0 Å². The Labute approximate surface area is 110 Å². The van der Waals surface area contributed by atoms with Crippen LogP contribution in [0.25, 0.3) is 0 Å². The predicted molar refractivity (Wildman–Crippen MR) is 72.4 cm³/mol. The number of hydrogen-bond acceptors (Lipinski definition) is 4. The molecule has 0 aliphatic carbocycles. The summed E-state index contributed by atoms with van der Waals surface area (Å²) in [6.45, 7) is 4.72. The van der Waals surface area contributed by atoms with E-state index in [4.69, 9.17) is 9.47 Å². The topological polar surface area (TPSA) is 58.9 Å². The van der Waals surface area contributed by atoms with Crippen molar-refractivity contribution in [2.24, 2.45) is 0 Å². The maximum absolute atomic E-state index is 9.48. The van der Waals surface area contributed by atoms with Gasteiger partial charge in [0.2, 0.25) is 0 Å². The first-order valence-electron chi connectivity index (χ1n) is 6.38. The molecule has 0 saturated carbocycles. The molecule has 0 heterocycles. The van der Waals surface area contributed by atoms with Crippen LogP contribution in [0.4, 0.5) is 0 Å². The zero-order chi connectivity index (χ0) is 13.8. The van der Waals surface area contributed by atoms with E-state index in [1.165, 1.54) is 0 Å². The molecule has 18 heavy (non-hydrogen) atoms. The molecule has 0 aromatic heterocycles. The lowest BCUT2D eigenvalue weighted by Gasteiger charge is -2.10. The third-order valence-electron chi connectivity index (χ3n) is 2.54. The summed E-state index contributed by atoms with van der Waals surface area (Å²) in [6, 6.07) is 0. The summed E-state index contributed by atoms with van der Waals surface area (Å²) < 4.78 is 9.95. The molecule has 0 aromatic carbocycles. The van der Waals surface area contributed by atoms with Crippen LogP contribution in [0.5, 0.6) is 0 Å². The summed E-state index contributed by atoms with van der Waals surface area (Å²) in [6.07, 6.45) is 6.03. The number of allylic oxidation sites excluding steroid dienone is 3. The first kappa shape index (κ1) is 17.2. The van der Waals surface area contributed by atoms with Crippen molar-refractivity contribution in [1.82, 2.24) is 0 Å². The number of methoxy groups -OCH3 is 1. The van der Waals surface area contributed by atoms with Gasteiger partial charge in [0.1, 0.15) is 0 Å². The first-order valence-corrected chi connectivity index (χ1v) is 6.38. The van der Waals surface area contributed by atoms with Gasteiger partial charge in [-0.2, -0.15) is 0 Å². The zero-order valence-electron chi connectivity index (χ0n) is 11.7. The van der Waals surface area contributed by atoms with E-state index in [1.807, 2.05) is 13.8 Å². The number of ether oxygens (including phenoxy) is 2. The zero-order valence-corrected chi connectivity index (χ0v) is 11.7. The van der Waals surface area contributed by atoms with Gasteiger partial charge in [-0.15, -0.1) is 0 Å². The highest BCUT2D eigenvalue weighted by atomic mass is 16.6. The van der Waals surface area contributed by atoms with E-state index in [9.17, 15) is 10.2 Å². The molecule has 0 rings (SSSR count). The Kier molecular flexibility index (Phi) is 10.7. The van der Waals surface area contributed by atoms with E-state index < -0.39 is 6.29 Å². The van der Waals surface area contributed by atoms with Gasteiger partial charge in [-0.3, -0.25) is 0 Å². The number of aliphatic hydroxyl groups is 2. The van der Waals surface area contributed by atoms with Crippen molar-refractivity contribution in [2.45, 2.75) is 45.8 Å². The third kappa shape index (κ3) is 10.3. The summed E-state index contributed by atoms with van der Waals surface area (Å²) >= 11 is 0. The minimum absolute atomic E-state index is 0.395. The van der Waals surface area contributed by atoms with Crippen LogP contribution in [-0.2, 0) is 9.47 Å². The van der Waals surface area contributed by atoms with Gasteiger partial charge in [-0.25, -0.2) is 0 Å². The lowest BCUT2D eigenvalue weighted by Crippen LogP contribution is -2.14. The SMILES string of the molecule is C/C=C(/O)C/C(C)=C\CCC[C@H](O)OCCOC. The molecule has 1 atom stereocenters. The fourth-order valence-corrected chi connectivity index (χ4v) is 1.45. The summed E-state index contributed by atoms with van der Waals surface area (Å²) in [5.41, 5.74) is 1.14. The number of aliphatic hydroxyl groups excluding tert-OH is 2. The van der Waals surface area contributed by atoms with E-state index >= 15 is 0 Å². The molecule has 4 heteroatoms. The molecule has 0 fully saturated rings. The molecule has 0 bridgehead atoms. The molecule has 0 spiro atoms. The highest BCUT2D eigenvalue weighted by Crippen LogP contribution is 2.11. The van der Waals surface area contributed by atoms with E-state index in [0.29, 0.717) is 31.8 Å². The molecular weight excluding hydrogens is 232 g/mol. The van der Waals surface area contributed by atoms with Crippen molar-refractivity contribution in [3.05, 3.63) is 23.5 Å². The van der Waals surface area contributed by atoms with Gasteiger partial charge in [0, 0.05) is 13.5 Å². The van der Waals surface area contributed by atoms with Crippen molar-refractivity contribution >= 4 is 0 Å². The van der Waals surface area contributed by atoms with Crippen LogP contribution >= 0.6 is 0 Å². The molecular formula is C14H26O4. The van der Waals surface area contributed by atoms with Gasteiger partial charge in [-0.1, -0.05) is 11.6 Å². The maximum Gasteiger partial charge on any atom is 0.154 e. The second-order valence-electron chi connectivity index (χ2n) is 4.26. The average Bonchev–Trinajstić information content (AvgIpc) is 2.34. The van der Waals surface area contributed by atoms with E-state index in [0.717, 1.165) is 18.4 Å². The molecule has 0 saturated heterocycles. The number of rotatable bonds is 10. The van der Waals surface area contributed by atoms with Gasteiger partial charge >= 0.3 is 0 Å². The molecule has 0 radical (unpaired) electrons. The Morgan fingerprint density at radius 2 is 2.06 bits per heavy atom. The summed E-state index contributed by atoms with van der Waals surface area (Å²) in [7, 11) is 1.60. The molecule has 0 aromatic rings. The van der Waals surface area contributed by atoms with Gasteiger partial charge in [0.25, 0.3) is 0 Å². The second kappa shape index (κ2) is 11.3. The highest BCUT2D eigenvalue weighted by molar-refractivity contribution is 5.07. The number of hydrogen-bond donors (Lipinski definition) is 2. The lowest BCUT2D eigenvalue weighted by atomic mass is 10.1. The lowest BCUT2D eigenvalue weighted by molar-refractivity contribution is -0.113. The Balaban J connectivity index is 3.62. The van der Waals surface area contributed by atoms with Crippen molar-refractivity contribution in [3.8, 4) is 0 Å². The second-order valence-corrected chi connectivity index (χ2v) is 4.26. The Morgan fingerprint density at radius 1 is 1.33 bits per heavy atom. The summed E-state index contributed by atoms with van der Waals surface area (Å²) in [5.74, 6) is 0.395. The maximum atomic E-state index is 9.48. The monoisotopic (exact) mass is 258 g/mol. The molecule has 0 aliphatic rings. The van der Waals surface area contributed by atoms with Gasteiger partial charge < -0.3 is 19.7 Å². The fourth-order valence-electron chi connectivity index (χ4n) is 1.45. The first-order chi connectivity index (χ1) is 8.60. The van der Waals surface area contributed by atoms with E-state index in [2.05, 4.69) is 6.08 Å². The predicted octanol–water partition coefficient (Wildman–Crippen LogP) is 2.94. The minimum atomic E-state index is -0.710. The normalized spacial score (nSPS) is 14.9. The molecule has 2 N–H and O–H groups in total. The van der Waals surface area contributed by atoms with Crippen LogP contribution in [0.1, 0.15) is 39.5 Å². The van der Waals surface area contributed by atoms with Crippen LogP contribution in [0.3, 0.4) is 0 Å². The smallest absolute Gasteiger partial charge is 0.154 e. The van der Waals surface area contributed by atoms with Gasteiger partial charge in [-0.05, 0) is 39.2 Å². The van der Waals surface area contributed by atoms with Gasteiger partial charge in [0.05, 0.1) is 19.0 Å². The largest absolute Gasteiger partial charge is 0.512 e. The average molecular weight is 258 g/mol. The van der Waals surface area contributed by atoms with E-state index in [1.54, 1.807) is 13.2 Å². The Bertz CT molecular complexity index is 259. The molecule has 0 amide bonds.